The van der Waals surface area contributed by atoms with Gasteiger partial charge in [0.2, 0.25) is 5.79 Å². The number of ether oxygens (including phenoxy) is 4. The number of hydrogen-bond donors (Lipinski definition) is 1. The number of carbonyl (C=O) groups excluding carboxylic acids is 3. The maximum Gasteiger partial charge on any atom is 0.336 e. The fraction of sp³-hybridized carbons (Fsp3) is 0.731. The van der Waals surface area contributed by atoms with Crippen LogP contribution in [0.25, 0.3) is 0 Å². The number of hydrogen-bond acceptors (Lipinski definition) is 8. The van der Waals surface area contributed by atoms with E-state index < -0.39 is 41.5 Å². The van der Waals surface area contributed by atoms with E-state index in [4.69, 9.17) is 18.9 Å². The van der Waals surface area contributed by atoms with Gasteiger partial charge in [0.1, 0.15) is 5.60 Å². The molecule has 8 nitrogen and oxygen atoms in total. The van der Waals surface area contributed by atoms with Crippen molar-refractivity contribution in [2.24, 2.45) is 5.92 Å². The average molecular weight is 479 g/mol. The molecule has 3 aliphatic rings. The molecular formula is C26H38O8. The fourth-order valence-corrected chi connectivity index (χ4v) is 5.35. The number of carbonyl (C=O) groups is 3. The van der Waals surface area contributed by atoms with Gasteiger partial charge in [0.25, 0.3) is 0 Å². The van der Waals surface area contributed by atoms with Gasteiger partial charge in [0, 0.05) is 25.3 Å². The van der Waals surface area contributed by atoms with Crippen molar-refractivity contribution in [3.8, 4) is 0 Å². The minimum absolute atomic E-state index is 0.0232. The first-order chi connectivity index (χ1) is 15.9. The van der Waals surface area contributed by atoms with Crippen LogP contribution in [0.1, 0.15) is 86.5 Å². The third-order valence-corrected chi connectivity index (χ3v) is 7.17. The number of rotatable bonds is 4. The lowest BCUT2D eigenvalue weighted by Crippen LogP contribution is -2.54. The first kappa shape index (κ1) is 26.4. The first-order valence-corrected chi connectivity index (χ1v) is 12.3. The molecule has 0 aromatic carbocycles. The maximum atomic E-state index is 12.7. The van der Waals surface area contributed by atoms with E-state index in [2.05, 4.69) is 6.92 Å². The lowest BCUT2D eigenvalue weighted by molar-refractivity contribution is -0.206. The molecule has 1 fully saturated rings. The largest absolute Gasteiger partial charge is 0.455 e. The van der Waals surface area contributed by atoms with E-state index in [9.17, 15) is 19.5 Å². The summed E-state index contributed by atoms with van der Waals surface area (Å²) in [7, 11) is 0. The van der Waals surface area contributed by atoms with Gasteiger partial charge in [0.15, 0.2) is 12.2 Å². The van der Waals surface area contributed by atoms with E-state index in [1.165, 1.54) is 13.8 Å². The zero-order valence-electron chi connectivity index (χ0n) is 21.1. The van der Waals surface area contributed by atoms with Gasteiger partial charge in [-0.1, -0.05) is 25.5 Å². The molecule has 190 valence electrons. The SMILES string of the molecule is CCCC(=O)O[C@H]1C2=C(C)C(=O)O[C@]2(O)C/C(C)=C/CC[C@H](C)[C@H]2CCC(C)(O2)[C@@H]1OC(C)=O. The highest BCUT2D eigenvalue weighted by atomic mass is 16.7. The normalized spacial score (nSPS) is 38.0. The van der Waals surface area contributed by atoms with Crippen molar-refractivity contribution in [1.82, 2.24) is 0 Å². The second-order valence-electron chi connectivity index (χ2n) is 10.2. The smallest absolute Gasteiger partial charge is 0.336 e. The van der Waals surface area contributed by atoms with Crippen LogP contribution in [0.3, 0.4) is 0 Å². The van der Waals surface area contributed by atoms with Crippen molar-refractivity contribution in [2.75, 3.05) is 0 Å². The van der Waals surface area contributed by atoms with Crippen LogP contribution in [0.4, 0.5) is 0 Å². The Morgan fingerprint density at radius 1 is 1.24 bits per heavy atom. The Hall–Kier alpha value is -2.19. The van der Waals surface area contributed by atoms with Gasteiger partial charge < -0.3 is 24.1 Å². The molecule has 1 saturated heterocycles. The van der Waals surface area contributed by atoms with Crippen molar-refractivity contribution >= 4 is 17.9 Å². The van der Waals surface area contributed by atoms with Crippen LogP contribution in [-0.2, 0) is 33.3 Å². The zero-order chi connectivity index (χ0) is 25.3. The number of fused-ring (bicyclic) bond motifs is 3. The van der Waals surface area contributed by atoms with Gasteiger partial charge in [0.05, 0.1) is 11.7 Å². The maximum absolute atomic E-state index is 12.7. The summed E-state index contributed by atoms with van der Waals surface area (Å²) >= 11 is 0. The molecule has 34 heavy (non-hydrogen) atoms. The van der Waals surface area contributed by atoms with Crippen LogP contribution in [0, 0.1) is 5.92 Å². The van der Waals surface area contributed by atoms with E-state index in [0.29, 0.717) is 12.8 Å². The molecule has 0 spiro atoms. The monoisotopic (exact) mass is 478 g/mol. The molecule has 0 amide bonds. The third kappa shape index (κ3) is 5.38. The summed E-state index contributed by atoms with van der Waals surface area (Å²) in [5.41, 5.74) is 0.108. The lowest BCUT2D eigenvalue weighted by Gasteiger charge is -2.40. The van der Waals surface area contributed by atoms with Crippen LogP contribution in [0.5, 0.6) is 0 Å². The number of allylic oxidation sites excluding steroid dienone is 1. The molecule has 3 rings (SSSR count). The Morgan fingerprint density at radius 2 is 1.94 bits per heavy atom. The lowest BCUT2D eigenvalue weighted by atomic mass is 9.82. The number of esters is 3. The molecule has 2 bridgehead atoms. The minimum Gasteiger partial charge on any atom is -0.455 e. The Morgan fingerprint density at radius 3 is 2.59 bits per heavy atom. The molecule has 1 N–H and O–H groups in total. The van der Waals surface area contributed by atoms with E-state index in [-0.39, 0.29) is 36.0 Å². The molecular weight excluding hydrogens is 440 g/mol. The van der Waals surface area contributed by atoms with Crippen LogP contribution < -0.4 is 0 Å². The topological polar surface area (TPSA) is 108 Å². The molecule has 3 aliphatic heterocycles. The zero-order valence-corrected chi connectivity index (χ0v) is 21.1. The predicted octanol–water partition coefficient (Wildman–Crippen LogP) is 3.90. The summed E-state index contributed by atoms with van der Waals surface area (Å²) in [6, 6.07) is 0. The van der Waals surface area contributed by atoms with Crippen molar-refractivity contribution < 1.29 is 38.4 Å². The molecule has 0 aromatic rings. The second-order valence-corrected chi connectivity index (χ2v) is 10.2. The van der Waals surface area contributed by atoms with Gasteiger partial charge in [-0.15, -0.1) is 0 Å². The van der Waals surface area contributed by atoms with E-state index >= 15 is 0 Å². The summed E-state index contributed by atoms with van der Waals surface area (Å²) in [4.78, 5) is 37.6. The third-order valence-electron chi connectivity index (χ3n) is 7.17. The van der Waals surface area contributed by atoms with Crippen molar-refractivity contribution in [2.45, 2.75) is 116 Å². The van der Waals surface area contributed by atoms with Gasteiger partial charge in [-0.2, -0.15) is 0 Å². The number of aliphatic hydroxyl groups is 1. The van der Waals surface area contributed by atoms with Gasteiger partial charge in [-0.25, -0.2) is 4.79 Å². The van der Waals surface area contributed by atoms with Gasteiger partial charge in [-0.3, -0.25) is 9.59 Å². The molecule has 6 atom stereocenters. The molecule has 0 aromatic heterocycles. The summed E-state index contributed by atoms with van der Waals surface area (Å²) in [6.07, 6.45) is 3.36. The molecule has 8 heteroatoms. The minimum atomic E-state index is -2.02. The highest BCUT2D eigenvalue weighted by molar-refractivity contribution is 5.92. The fourth-order valence-electron chi connectivity index (χ4n) is 5.35. The highest BCUT2D eigenvalue weighted by Gasteiger charge is 2.57. The van der Waals surface area contributed by atoms with Crippen molar-refractivity contribution in [3.63, 3.8) is 0 Å². The van der Waals surface area contributed by atoms with Gasteiger partial charge >= 0.3 is 17.9 Å². The summed E-state index contributed by atoms with van der Waals surface area (Å²) in [6.45, 7) is 10.5. The van der Waals surface area contributed by atoms with Crippen molar-refractivity contribution in [1.29, 1.82) is 0 Å². The van der Waals surface area contributed by atoms with E-state index in [0.717, 1.165) is 24.8 Å². The molecule has 1 unspecified atom stereocenters. The average Bonchev–Trinajstić information content (AvgIpc) is 3.22. The van der Waals surface area contributed by atoms with Crippen LogP contribution >= 0.6 is 0 Å². The predicted molar refractivity (Wildman–Crippen MR) is 123 cm³/mol. The Labute approximate surface area is 201 Å². The Bertz CT molecular complexity index is 889. The first-order valence-electron chi connectivity index (χ1n) is 12.3. The van der Waals surface area contributed by atoms with Crippen LogP contribution in [0.2, 0.25) is 0 Å². The van der Waals surface area contributed by atoms with E-state index in [1.54, 1.807) is 0 Å². The van der Waals surface area contributed by atoms with Crippen molar-refractivity contribution in [3.05, 3.63) is 22.8 Å². The van der Waals surface area contributed by atoms with E-state index in [1.807, 2.05) is 26.8 Å². The molecule has 0 saturated carbocycles. The molecule has 3 heterocycles. The highest BCUT2D eigenvalue weighted by Crippen LogP contribution is 2.46. The molecule has 0 radical (unpaired) electrons. The summed E-state index contributed by atoms with van der Waals surface area (Å²) in [5.74, 6) is -3.55. The second kappa shape index (κ2) is 10.2. The Balaban J connectivity index is 2.20. The standard InChI is InChI=1S/C26H38O8/c1-7-9-20(28)32-22-21-17(4)24(29)34-26(21,30)14-15(2)10-8-11-16(3)19-12-13-25(6,33-19)23(22)31-18(5)27/h10,16,19,22-23,30H,7-9,11-14H2,1-6H3/b15-10+/t16-,19+,22-,23+,25?,26+/m0/s1. The van der Waals surface area contributed by atoms with Crippen LogP contribution in [0.15, 0.2) is 22.8 Å². The summed E-state index contributed by atoms with van der Waals surface area (Å²) in [5, 5.41) is 11.6. The quantitative estimate of drug-likeness (QED) is 0.368. The molecule has 0 aliphatic carbocycles. The summed E-state index contributed by atoms with van der Waals surface area (Å²) < 4.78 is 23.6. The van der Waals surface area contributed by atoms with Crippen LogP contribution in [-0.4, -0.2) is 52.7 Å². The Kier molecular flexibility index (Phi) is 7.92. The van der Waals surface area contributed by atoms with Gasteiger partial charge in [-0.05, 0) is 58.8 Å².